The largest absolute Gasteiger partial charge is 0.394 e. The van der Waals surface area contributed by atoms with Gasteiger partial charge in [0.15, 0.2) is 12.6 Å². The third kappa shape index (κ3) is 5.14. The van der Waals surface area contributed by atoms with Crippen LogP contribution < -0.4 is 0 Å². The molecule has 2 aliphatic heterocycles. The highest BCUT2D eigenvalue weighted by molar-refractivity contribution is 4.94. The summed E-state index contributed by atoms with van der Waals surface area (Å²) in [6, 6.07) is 0. The van der Waals surface area contributed by atoms with Gasteiger partial charge in [-0.3, -0.25) is 0 Å². The summed E-state index contributed by atoms with van der Waals surface area (Å²) < 4.78 is 20.9. The Labute approximate surface area is 159 Å². The van der Waals surface area contributed by atoms with E-state index in [1.54, 1.807) is 0 Å². The molecule has 9 N–H and O–H groups in total. The summed E-state index contributed by atoms with van der Waals surface area (Å²) in [6.45, 7) is -2.41. The van der Waals surface area contributed by atoms with Gasteiger partial charge in [-0.1, -0.05) is 0 Å². The molecule has 2 saturated heterocycles. The number of hydrogen-bond donors (Lipinski definition) is 9. The Kier molecular flexibility index (Phi) is 8.90. The van der Waals surface area contributed by atoms with Crippen molar-refractivity contribution in [3.8, 4) is 0 Å². The van der Waals surface area contributed by atoms with Crippen LogP contribution in [0.25, 0.3) is 0 Å². The molecule has 11 atom stereocenters. The zero-order chi connectivity index (χ0) is 21.0. The Hall–Kier alpha value is -0.520. The summed E-state index contributed by atoms with van der Waals surface area (Å²) in [6.07, 6.45) is -16.7. The van der Waals surface area contributed by atoms with Crippen LogP contribution in [0.2, 0.25) is 0 Å². The van der Waals surface area contributed by atoms with E-state index in [1.165, 1.54) is 0 Å². The minimum Gasteiger partial charge on any atom is -0.394 e. The Bertz CT molecular complexity index is 463. The third-order valence-electron chi connectivity index (χ3n) is 4.62. The summed E-state index contributed by atoms with van der Waals surface area (Å²) in [5.74, 6) is 0. The van der Waals surface area contributed by atoms with Crippen molar-refractivity contribution < 1.29 is 64.9 Å². The number of aliphatic hydroxyl groups excluding tert-OH is 9. The molecule has 0 bridgehead atoms. The first-order chi connectivity index (χ1) is 13.2. The molecule has 0 radical (unpaired) electrons. The molecule has 0 unspecified atom stereocenters. The second-order valence-corrected chi connectivity index (χ2v) is 6.67. The van der Waals surface area contributed by atoms with Crippen molar-refractivity contribution in [1.82, 2.24) is 0 Å². The third-order valence-corrected chi connectivity index (χ3v) is 4.62. The second-order valence-electron chi connectivity index (χ2n) is 6.67. The van der Waals surface area contributed by atoms with Gasteiger partial charge in [0, 0.05) is 0 Å². The van der Waals surface area contributed by atoms with Crippen molar-refractivity contribution in [2.24, 2.45) is 0 Å². The molecule has 2 heterocycles. The van der Waals surface area contributed by atoms with E-state index < -0.39 is 93.9 Å². The minimum absolute atomic E-state index is 0.415. The molecule has 0 aliphatic carbocycles. The molecule has 2 fully saturated rings. The predicted molar refractivity (Wildman–Crippen MR) is 85.4 cm³/mol. The van der Waals surface area contributed by atoms with Gasteiger partial charge in [0.2, 0.25) is 0 Å². The summed E-state index contributed by atoms with van der Waals surface area (Å²) in [5, 5.41) is 86.9. The lowest BCUT2D eigenvalue weighted by Gasteiger charge is -2.46. The van der Waals surface area contributed by atoms with Crippen LogP contribution in [0.1, 0.15) is 0 Å². The van der Waals surface area contributed by atoms with Crippen LogP contribution in [0.15, 0.2) is 0 Å². The highest BCUT2D eigenvalue weighted by atomic mass is 16.7. The van der Waals surface area contributed by atoms with E-state index in [0.717, 1.165) is 0 Å². The molecule has 0 spiro atoms. The zero-order valence-corrected chi connectivity index (χ0v) is 14.8. The summed E-state index contributed by atoms with van der Waals surface area (Å²) in [7, 11) is 0. The van der Waals surface area contributed by atoms with Gasteiger partial charge in [-0.05, 0) is 0 Å². The van der Waals surface area contributed by atoms with Gasteiger partial charge in [-0.15, -0.1) is 0 Å². The Morgan fingerprint density at radius 3 is 1.86 bits per heavy atom. The number of rotatable bonds is 8. The SMILES string of the molecule is OC[C@@H](O)CO[C@@H]1O[C@H](CO)[C@H](O[C@@H]2O[C@H](CO)[C@H](O)[C@H](O)[C@H]2O)[C@H](O)[C@H]1O. The lowest BCUT2D eigenvalue weighted by molar-refractivity contribution is -0.360. The quantitative estimate of drug-likeness (QED) is 0.180. The monoisotopic (exact) mass is 416 g/mol. The fraction of sp³-hybridized carbons (Fsp3) is 1.00. The van der Waals surface area contributed by atoms with Crippen molar-refractivity contribution in [3.63, 3.8) is 0 Å². The summed E-state index contributed by atoms with van der Waals surface area (Å²) in [4.78, 5) is 0. The number of ether oxygens (including phenoxy) is 4. The van der Waals surface area contributed by atoms with Crippen LogP contribution in [0.3, 0.4) is 0 Å². The van der Waals surface area contributed by atoms with E-state index >= 15 is 0 Å². The van der Waals surface area contributed by atoms with E-state index in [9.17, 15) is 40.9 Å². The van der Waals surface area contributed by atoms with Crippen LogP contribution in [-0.4, -0.2) is 140 Å². The fourth-order valence-corrected chi connectivity index (χ4v) is 2.95. The molecular weight excluding hydrogens is 388 g/mol. The van der Waals surface area contributed by atoms with Crippen molar-refractivity contribution in [1.29, 1.82) is 0 Å². The molecule has 0 aromatic heterocycles. The smallest absolute Gasteiger partial charge is 0.187 e. The van der Waals surface area contributed by atoms with E-state index in [4.69, 9.17) is 24.1 Å². The van der Waals surface area contributed by atoms with E-state index in [1.807, 2.05) is 0 Å². The maximum atomic E-state index is 10.3. The Morgan fingerprint density at radius 2 is 1.29 bits per heavy atom. The number of hydrogen-bond acceptors (Lipinski definition) is 13. The molecule has 0 aromatic carbocycles. The highest BCUT2D eigenvalue weighted by Crippen LogP contribution is 2.29. The molecule has 13 nitrogen and oxygen atoms in total. The second kappa shape index (κ2) is 10.5. The first-order valence-electron chi connectivity index (χ1n) is 8.74. The molecule has 13 heteroatoms. The van der Waals surface area contributed by atoms with E-state index in [0.29, 0.717) is 0 Å². The Balaban J connectivity index is 2.06. The van der Waals surface area contributed by atoms with Gasteiger partial charge in [0.05, 0.1) is 26.4 Å². The van der Waals surface area contributed by atoms with Crippen LogP contribution in [0.4, 0.5) is 0 Å². The van der Waals surface area contributed by atoms with Gasteiger partial charge >= 0.3 is 0 Å². The summed E-state index contributed by atoms with van der Waals surface area (Å²) >= 11 is 0. The fourth-order valence-electron chi connectivity index (χ4n) is 2.95. The minimum atomic E-state index is -1.75. The molecule has 0 saturated carbocycles. The lowest BCUT2D eigenvalue weighted by atomic mass is 9.97. The van der Waals surface area contributed by atoms with Gasteiger partial charge in [0.25, 0.3) is 0 Å². The van der Waals surface area contributed by atoms with Gasteiger partial charge in [0.1, 0.15) is 54.9 Å². The lowest BCUT2D eigenvalue weighted by Crippen LogP contribution is -2.64. The molecule has 0 amide bonds. The first-order valence-corrected chi connectivity index (χ1v) is 8.74. The topological polar surface area (TPSA) is 219 Å². The van der Waals surface area contributed by atoms with Gasteiger partial charge in [-0.2, -0.15) is 0 Å². The zero-order valence-electron chi connectivity index (χ0n) is 14.8. The standard InChI is InChI=1S/C15H28O13/c16-1-5(19)4-25-14-12(24)10(22)13(7(3-18)27-14)28-15-11(23)9(21)8(20)6(2-17)26-15/h5-24H,1-4H2/t5-,6-,7-,8+,9+,10-,11-,12-,13+,14-,15+/m1/s1. The van der Waals surface area contributed by atoms with E-state index in [2.05, 4.69) is 0 Å². The van der Waals surface area contributed by atoms with Crippen LogP contribution in [0, 0.1) is 0 Å². The molecule has 166 valence electrons. The maximum Gasteiger partial charge on any atom is 0.187 e. The van der Waals surface area contributed by atoms with Crippen LogP contribution in [-0.2, 0) is 18.9 Å². The first kappa shape index (κ1) is 23.8. The van der Waals surface area contributed by atoms with Gasteiger partial charge < -0.3 is 64.9 Å². The van der Waals surface area contributed by atoms with Crippen LogP contribution in [0.5, 0.6) is 0 Å². The van der Waals surface area contributed by atoms with Crippen molar-refractivity contribution >= 4 is 0 Å². The average molecular weight is 416 g/mol. The predicted octanol–water partition coefficient (Wildman–Crippen LogP) is -6.02. The molecular formula is C15H28O13. The number of aliphatic hydroxyl groups is 9. The van der Waals surface area contributed by atoms with Crippen molar-refractivity contribution in [3.05, 3.63) is 0 Å². The average Bonchev–Trinajstić information content (AvgIpc) is 2.70. The van der Waals surface area contributed by atoms with Crippen molar-refractivity contribution in [2.45, 2.75) is 67.5 Å². The van der Waals surface area contributed by atoms with Crippen LogP contribution >= 0.6 is 0 Å². The summed E-state index contributed by atoms with van der Waals surface area (Å²) in [5.41, 5.74) is 0. The highest BCUT2D eigenvalue weighted by Gasteiger charge is 2.50. The molecule has 2 aliphatic rings. The normalized spacial score (nSPS) is 45.8. The van der Waals surface area contributed by atoms with E-state index in [-0.39, 0.29) is 0 Å². The molecule has 0 aromatic rings. The molecule has 2 rings (SSSR count). The Morgan fingerprint density at radius 1 is 0.714 bits per heavy atom. The molecule has 28 heavy (non-hydrogen) atoms. The van der Waals surface area contributed by atoms with Gasteiger partial charge in [-0.25, -0.2) is 0 Å². The van der Waals surface area contributed by atoms with Crippen molar-refractivity contribution in [2.75, 3.05) is 26.4 Å². The maximum absolute atomic E-state index is 10.3.